The Bertz CT molecular complexity index is 1800. The van der Waals surface area contributed by atoms with Gasteiger partial charge in [0.15, 0.2) is 23.1 Å². The predicted molar refractivity (Wildman–Crippen MR) is 168 cm³/mol. The van der Waals surface area contributed by atoms with E-state index >= 15 is 0 Å². The number of nitrogens with zero attached hydrogens (tertiary/aromatic N) is 1. The zero-order valence-corrected chi connectivity index (χ0v) is 25.8. The van der Waals surface area contributed by atoms with Crippen molar-refractivity contribution in [3.63, 3.8) is 0 Å². The number of imide groups is 1. The van der Waals surface area contributed by atoms with Crippen molar-refractivity contribution >= 4 is 51.5 Å². The van der Waals surface area contributed by atoms with Crippen LogP contribution in [0, 0.1) is 27.2 Å². The fraction of sp³-hybridized carbons (Fsp3) is 0.257. The van der Waals surface area contributed by atoms with Gasteiger partial charge in [-0.25, -0.2) is 0 Å². The first kappa shape index (κ1) is 28.7. The van der Waals surface area contributed by atoms with Gasteiger partial charge in [-0.3, -0.25) is 24.4 Å². The monoisotopic (exact) mass is 701 g/mol. The number of phenols is 1. The van der Waals surface area contributed by atoms with Crippen molar-refractivity contribution in [2.75, 3.05) is 7.11 Å². The number of allylic oxidation sites excluding steroid dienone is 4. The van der Waals surface area contributed by atoms with E-state index in [0.29, 0.717) is 25.8 Å². The number of methoxy groups -OCH3 is 1. The Kier molecular flexibility index (Phi) is 6.85. The van der Waals surface area contributed by atoms with E-state index in [4.69, 9.17) is 4.74 Å². The van der Waals surface area contributed by atoms with Crippen LogP contribution >= 0.6 is 22.6 Å². The summed E-state index contributed by atoms with van der Waals surface area (Å²) in [4.78, 5) is 56.0. The van der Waals surface area contributed by atoms with Crippen molar-refractivity contribution in [3.05, 3.63) is 111 Å². The zero-order chi connectivity index (χ0) is 30.9. The lowest BCUT2D eigenvalue weighted by Gasteiger charge is -2.55. The molecule has 0 unspecified atom stereocenters. The van der Waals surface area contributed by atoms with Crippen molar-refractivity contribution in [3.8, 4) is 11.5 Å². The van der Waals surface area contributed by atoms with Gasteiger partial charge in [-0.05, 0) is 76.2 Å². The van der Waals surface area contributed by atoms with Gasteiger partial charge in [-0.1, -0.05) is 72.3 Å². The maximum absolute atomic E-state index is 14.9. The van der Waals surface area contributed by atoms with Crippen LogP contribution in [0.4, 0.5) is 0 Å². The molecule has 0 bridgehead atoms. The van der Waals surface area contributed by atoms with E-state index in [1.54, 1.807) is 24.3 Å². The molecule has 1 saturated heterocycles. The quantitative estimate of drug-likeness (QED) is 0.166. The number of hydrogen-bond acceptors (Lipinski definition) is 7. The summed E-state index contributed by atoms with van der Waals surface area (Å²) in [5, 5.41) is 21.3. The Morgan fingerprint density at radius 1 is 0.932 bits per heavy atom. The molecule has 8 nitrogen and oxygen atoms in total. The second-order valence-electron chi connectivity index (χ2n) is 11.8. The number of fused-ring (bicyclic) bond motifs is 4. The average Bonchev–Trinajstić information content (AvgIpc) is 3.27. The fourth-order valence-electron chi connectivity index (χ4n) is 8.15. The number of halogens is 1. The van der Waals surface area contributed by atoms with E-state index in [9.17, 15) is 29.5 Å². The molecule has 0 spiro atoms. The molecule has 0 aromatic heterocycles. The van der Waals surface area contributed by atoms with Crippen LogP contribution in [0.5, 0.6) is 11.5 Å². The fourth-order valence-corrected chi connectivity index (χ4v) is 8.77. The van der Waals surface area contributed by atoms with E-state index in [0.717, 1.165) is 5.57 Å². The van der Waals surface area contributed by atoms with Crippen LogP contribution in [0.1, 0.15) is 35.4 Å². The van der Waals surface area contributed by atoms with Crippen LogP contribution in [-0.4, -0.2) is 45.9 Å². The Labute approximate surface area is 267 Å². The molecular weight excluding hydrogens is 673 g/mol. The molecule has 2 fully saturated rings. The molecule has 0 radical (unpaired) electrons. The Morgan fingerprint density at radius 2 is 1.61 bits per heavy atom. The molecule has 3 aromatic rings. The van der Waals surface area contributed by atoms with Crippen LogP contribution in [-0.2, 0) is 24.6 Å². The summed E-state index contributed by atoms with van der Waals surface area (Å²) in [6.45, 7) is 0. The molecule has 44 heavy (non-hydrogen) atoms. The summed E-state index contributed by atoms with van der Waals surface area (Å²) in [6.07, 6.45) is 3.74. The minimum absolute atomic E-state index is 0.0444. The Hall–Kier alpha value is -4.09. The van der Waals surface area contributed by atoms with Crippen LogP contribution in [0.3, 0.4) is 0 Å². The molecule has 1 saturated carbocycles. The highest BCUT2D eigenvalue weighted by Crippen LogP contribution is 2.64. The van der Waals surface area contributed by atoms with Crippen LogP contribution in [0.15, 0.2) is 90.5 Å². The Morgan fingerprint density at radius 3 is 2.30 bits per heavy atom. The van der Waals surface area contributed by atoms with E-state index in [2.05, 4.69) is 0 Å². The number of amides is 2. The molecular formula is C35H28INO7. The largest absolute Gasteiger partial charge is 0.504 e. The minimum atomic E-state index is -1.39. The number of carbonyl (C=O) groups is 4. The zero-order valence-electron chi connectivity index (χ0n) is 23.6. The number of ether oxygens (including phenoxy) is 1. The number of ketones is 2. The van der Waals surface area contributed by atoms with Crippen molar-refractivity contribution in [1.29, 1.82) is 0 Å². The number of carbonyl (C=O) groups excluding carboxylic acids is 4. The maximum atomic E-state index is 14.9. The Balaban J connectivity index is 1.55. The highest BCUT2D eigenvalue weighted by Gasteiger charge is 2.66. The van der Waals surface area contributed by atoms with Crippen molar-refractivity contribution in [2.45, 2.75) is 24.2 Å². The van der Waals surface area contributed by atoms with Crippen LogP contribution in [0.25, 0.3) is 5.57 Å². The maximum Gasteiger partial charge on any atom is 0.257 e. The standard InChI is InChI=1S/C35H28INO7/c1-44-27-15-19(14-26(36)32(27)40)30-21-12-13-22-29(34(42)37(43)33(22)41)24(21)16-25-31(39)23(18-8-4-2-5-9-18)17-28(38)35(25,30)20-10-6-3-7-11-20/h2-12,14-15,17,22,24-25,29-30,40,43H,13,16H2,1H3/t22-,24+,25-,29-,30-,35-/m0/s1. The lowest BCUT2D eigenvalue weighted by atomic mass is 9.44. The average molecular weight is 702 g/mol. The molecule has 4 aliphatic rings. The lowest BCUT2D eigenvalue weighted by molar-refractivity contribution is -0.173. The van der Waals surface area contributed by atoms with Gasteiger partial charge in [0.25, 0.3) is 11.8 Å². The highest BCUT2D eigenvalue weighted by molar-refractivity contribution is 14.1. The predicted octanol–water partition coefficient (Wildman–Crippen LogP) is 5.22. The first-order chi connectivity index (χ1) is 21.2. The molecule has 2 amide bonds. The van der Waals surface area contributed by atoms with Crippen molar-refractivity contribution in [1.82, 2.24) is 5.06 Å². The van der Waals surface area contributed by atoms with Gasteiger partial charge < -0.3 is 9.84 Å². The number of Topliss-reactive ketones (excluding diaryl/α,β-unsaturated/α-hetero) is 1. The highest BCUT2D eigenvalue weighted by atomic mass is 127. The van der Waals surface area contributed by atoms with E-state index < -0.39 is 46.8 Å². The van der Waals surface area contributed by atoms with Crippen LogP contribution in [0.2, 0.25) is 0 Å². The van der Waals surface area contributed by atoms with Crippen LogP contribution < -0.4 is 4.74 Å². The molecule has 1 heterocycles. The summed E-state index contributed by atoms with van der Waals surface area (Å²) < 4.78 is 6.03. The molecule has 9 heteroatoms. The molecule has 1 aliphatic heterocycles. The summed E-state index contributed by atoms with van der Waals surface area (Å²) in [5.74, 6) is -5.45. The summed E-state index contributed by atoms with van der Waals surface area (Å²) in [6, 6.07) is 21.8. The SMILES string of the molecule is COc1cc([C@H]2C3=CC[C@@H]4C(=O)N(O)C(=O)[C@@H]4[C@@H]3C[C@H]3C(=O)C(c4ccccc4)=CC(=O)[C@@]23c2ccccc2)cc(I)c1O. The molecule has 7 rings (SSSR count). The van der Waals surface area contributed by atoms with Gasteiger partial charge in [-0.2, -0.15) is 5.06 Å². The lowest BCUT2D eigenvalue weighted by Crippen LogP contribution is -2.58. The van der Waals surface area contributed by atoms with Gasteiger partial charge in [0.2, 0.25) is 0 Å². The first-order valence-electron chi connectivity index (χ1n) is 14.4. The first-order valence-corrected chi connectivity index (χ1v) is 15.5. The van der Waals surface area contributed by atoms with E-state index in [1.807, 2.05) is 77.2 Å². The number of rotatable bonds is 4. The van der Waals surface area contributed by atoms with Gasteiger partial charge in [0.1, 0.15) is 0 Å². The van der Waals surface area contributed by atoms with E-state index in [-0.39, 0.29) is 41.0 Å². The molecule has 3 aliphatic carbocycles. The topological polar surface area (TPSA) is 121 Å². The summed E-state index contributed by atoms with van der Waals surface area (Å²) in [5.41, 5.74) is 1.62. The molecule has 6 atom stereocenters. The normalized spacial score (nSPS) is 29.4. The second-order valence-corrected chi connectivity index (χ2v) is 13.0. The number of hydroxylamine groups is 2. The van der Waals surface area contributed by atoms with Gasteiger partial charge >= 0.3 is 0 Å². The molecule has 2 N–H and O–H groups in total. The number of phenolic OH excluding ortho intramolecular Hbond substituents is 1. The number of hydrogen-bond donors (Lipinski definition) is 2. The smallest absolute Gasteiger partial charge is 0.257 e. The number of aromatic hydroxyl groups is 1. The summed E-state index contributed by atoms with van der Waals surface area (Å²) in [7, 11) is 1.45. The van der Waals surface area contributed by atoms with Gasteiger partial charge in [0, 0.05) is 17.4 Å². The van der Waals surface area contributed by atoms with Gasteiger partial charge in [-0.15, -0.1) is 0 Å². The third-order valence-electron chi connectivity index (χ3n) is 9.96. The molecule has 222 valence electrons. The second kappa shape index (κ2) is 10.5. The van der Waals surface area contributed by atoms with E-state index in [1.165, 1.54) is 13.2 Å². The van der Waals surface area contributed by atoms with Crippen molar-refractivity contribution < 1.29 is 34.2 Å². The third kappa shape index (κ3) is 3.91. The summed E-state index contributed by atoms with van der Waals surface area (Å²) >= 11 is 2.01. The third-order valence-corrected chi connectivity index (χ3v) is 10.8. The van der Waals surface area contributed by atoms with Crippen molar-refractivity contribution in [2.24, 2.45) is 23.7 Å². The minimum Gasteiger partial charge on any atom is -0.504 e. The number of benzene rings is 3. The van der Waals surface area contributed by atoms with Gasteiger partial charge in [0.05, 0.1) is 27.9 Å². The molecule has 3 aromatic carbocycles.